The van der Waals surface area contributed by atoms with E-state index in [0.717, 1.165) is 12.1 Å². The van der Waals surface area contributed by atoms with E-state index in [1.54, 1.807) is 30.3 Å². The Bertz CT molecular complexity index is 779. The zero-order chi connectivity index (χ0) is 19.1. The molecule has 2 amide bonds. The van der Waals surface area contributed by atoms with E-state index < -0.39 is 0 Å². The number of likely N-dealkylation sites (N-methyl/N-ethyl adjacent to an activating group) is 1. The van der Waals surface area contributed by atoms with E-state index in [-0.39, 0.29) is 11.8 Å². The highest BCUT2D eigenvalue weighted by Crippen LogP contribution is 2.21. The van der Waals surface area contributed by atoms with E-state index in [1.807, 2.05) is 31.1 Å². The van der Waals surface area contributed by atoms with Crippen LogP contribution in [0.3, 0.4) is 0 Å². The molecule has 2 rings (SSSR count). The van der Waals surface area contributed by atoms with Crippen LogP contribution in [0.2, 0.25) is 5.02 Å². The Hall–Kier alpha value is -1.89. The van der Waals surface area contributed by atoms with Crippen LogP contribution in [-0.2, 0) is 6.54 Å². The minimum atomic E-state index is -0.218. The number of amides is 2. The maximum absolute atomic E-state index is 12.3. The van der Waals surface area contributed by atoms with Gasteiger partial charge < -0.3 is 15.5 Å². The van der Waals surface area contributed by atoms with Gasteiger partial charge in [0.1, 0.15) is 0 Å². The van der Waals surface area contributed by atoms with Crippen molar-refractivity contribution in [3.63, 3.8) is 0 Å². The number of carbonyl (C=O) groups is 2. The van der Waals surface area contributed by atoms with Crippen LogP contribution in [0.5, 0.6) is 0 Å². The molecule has 0 heterocycles. The first-order valence-electron chi connectivity index (χ1n) is 8.12. The van der Waals surface area contributed by atoms with Crippen LogP contribution in [-0.4, -0.2) is 43.9 Å². The standard InChI is InChI=1S/C19H21BrClN3O2/c1-24(2)10-9-22-18(25)14-5-3-13(4-6-14)12-23-19(26)16-11-15(21)7-8-17(16)20/h3-8,11H,9-10,12H2,1-2H3,(H,22,25)(H,23,26). The number of benzene rings is 2. The summed E-state index contributed by atoms with van der Waals surface area (Å²) in [6.45, 7) is 1.74. The molecule has 0 radical (unpaired) electrons. The molecule has 2 N–H and O–H groups in total. The summed E-state index contributed by atoms with van der Waals surface area (Å²) in [4.78, 5) is 26.3. The normalized spacial score (nSPS) is 10.7. The molecule has 0 aliphatic heterocycles. The monoisotopic (exact) mass is 437 g/mol. The fourth-order valence-electron chi connectivity index (χ4n) is 2.22. The fourth-order valence-corrected chi connectivity index (χ4v) is 2.82. The van der Waals surface area contributed by atoms with Crippen LogP contribution in [0.1, 0.15) is 26.3 Å². The first-order valence-corrected chi connectivity index (χ1v) is 9.29. The molecule has 0 atom stereocenters. The van der Waals surface area contributed by atoms with E-state index in [0.29, 0.717) is 33.7 Å². The lowest BCUT2D eigenvalue weighted by molar-refractivity contribution is 0.0941. The summed E-state index contributed by atoms with van der Waals surface area (Å²) in [6, 6.07) is 12.2. The molecule has 0 bridgehead atoms. The first-order chi connectivity index (χ1) is 12.4. The number of nitrogens with zero attached hydrogens (tertiary/aromatic N) is 1. The predicted molar refractivity (Wildman–Crippen MR) is 108 cm³/mol. The Balaban J connectivity index is 1.90. The molecule has 2 aromatic rings. The highest BCUT2D eigenvalue weighted by Gasteiger charge is 2.11. The van der Waals surface area contributed by atoms with Gasteiger partial charge in [-0.2, -0.15) is 0 Å². The van der Waals surface area contributed by atoms with Gasteiger partial charge in [0.05, 0.1) is 5.56 Å². The van der Waals surface area contributed by atoms with Gasteiger partial charge in [-0.15, -0.1) is 0 Å². The van der Waals surface area contributed by atoms with Gasteiger partial charge in [0.25, 0.3) is 11.8 Å². The molecule has 0 unspecified atom stereocenters. The van der Waals surface area contributed by atoms with Crippen LogP contribution < -0.4 is 10.6 Å². The topological polar surface area (TPSA) is 61.4 Å². The second-order valence-electron chi connectivity index (χ2n) is 6.06. The van der Waals surface area contributed by atoms with Gasteiger partial charge in [0, 0.05) is 34.7 Å². The zero-order valence-electron chi connectivity index (χ0n) is 14.7. The van der Waals surface area contributed by atoms with E-state index >= 15 is 0 Å². The number of nitrogens with one attached hydrogen (secondary N) is 2. The van der Waals surface area contributed by atoms with Crippen molar-refractivity contribution in [2.75, 3.05) is 27.2 Å². The second kappa shape index (κ2) is 9.71. The van der Waals surface area contributed by atoms with Crippen molar-refractivity contribution in [1.82, 2.24) is 15.5 Å². The van der Waals surface area contributed by atoms with Crippen molar-refractivity contribution < 1.29 is 9.59 Å². The molecule has 0 spiro atoms. The SMILES string of the molecule is CN(C)CCNC(=O)c1ccc(CNC(=O)c2cc(Cl)ccc2Br)cc1. The first kappa shape index (κ1) is 20.4. The van der Waals surface area contributed by atoms with Gasteiger partial charge in [-0.25, -0.2) is 0 Å². The highest BCUT2D eigenvalue weighted by molar-refractivity contribution is 9.10. The number of halogens is 2. The van der Waals surface area contributed by atoms with Crippen LogP contribution in [0, 0.1) is 0 Å². The van der Waals surface area contributed by atoms with E-state index in [2.05, 4.69) is 26.6 Å². The molecular formula is C19H21BrClN3O2. The molecule has 2 aromatic carbocycles. The maximum atomic E-state index is 12.3. The van der Waals surface area contributed by atoms with E-state index in [1.165, 1.54) is 0 Å². The molecule has 0 aliphatic rings. The number of hydrogen-bond acceptors (Lipinski definition) is 3. The lowest BCUT2D eigenvalue weighted by Gasteiger charge is -2.11. The molecule has 7 heteroatoms. The summed E-state index contributed by atoms with van der Waals surface area (Å²) in [5, 5.41) is 6.21. The maximum Gasteiger partial charge on any atom is 0.252 e. The van der Waals surface area contributed by atoms with Crippen molar-refractivity contribution in [3.8, 4) is 0 Å². The molecule has 5 nitrogen and oxygen atoms in total. The smallest absolute Gasteiger partial charge is 0.252 e. The molecule has 0 aliphatic carbocycles. The minimum absolute atomic E-state index is 0.106. The Kier molecular flexibility index (Phi) is 7.63. The average molecular weight is 439 g/mol. The quantitative estimate of drug-likeness (QED) is 0.697. The second-order valence-corrected chi connectivity index (χ2v) is 7.35. The largest absolute Gasteiger partial charge is 0.351 e. The highest BCUT2D eigenvalue weighted by atomic mass is 79.9. The number of carbonyl (C=O) groups excluding carboxylic acids is 2. The summed E-state index contributed by atoms with van der Waals surface area (Å²) in [5.74, 6) is -0.324. The molecule has 0 saturated carbocycles. The summed E-state index contributed by atoms with van der Waals surface area (Å²) in [5.41, 5.74) is 1.98. The van der Waals surface area contributed by atoms with Gasteiger partial charge in [-0.1, -0.05) is 23.7 Å². The molecule has 138 valence electrons. The van der Waals surface area contributed by atoms with Crippen molar-refractivity contribution in [2.45, 2.75) is 6.54 Å². The van der Waals surface area contributed by atoms with Gasteiger partial charge >= 0.3 is 0 Å². The third-order valence-electron chi connectivity index (χ3n) is 3.69. The Labute approximate surface area is 166 Å². The van der Waals surface area contributed by atoms with Crippen LogP contribution in [0.4, 0.5) is 0 Å². The fraction of sp³-hybridized carbons (Fsp3) is 0.263. The average Bonchev–Trinajstić information content (AvgIpc) is 2.61. The van der Waals surface area contributed by atoms with Gasteiger partial charge in [-0.3, -0.25) is 9.59 Å². The molecule has 0 fully saturated rings. The van der Waals surface area contributed by atoms with Crippen molar-refractivity contribution in [2.24, 2.45) is 0 Å². The van der Waals surface area contributed by atoms with Gasteiger partial charge in [0.2, 0.25) is 0 Å². The van der Waals surface area contributed by atoms with Crippen LogP contribution in [0.25, 0.3) is 0 Å². The summed E-state index contributed by atoms with van der Waals surface area (Å²) >= 11 is 9.28. The van der Waals surface area contributed by atoms with Crippen LogP contribution in [0.15, 0.2) is 46.9 Å². The zero-order valence-corrected chi connectivity index (χ0v) is 17.0. The third-order valence-corrected chi connectivity index (χ3v) is 4.61. The Morgan fingerprint density at radius 1 is 1.04 bits per heavy atom. The van der Waals surface area contributed by atoms with E-state index in [4.69, 9.17) is 11.6 Å². The number of rotatable bonds is 7. The summed E-state index contributed by atoms with van der Waals surface area (Å²) < 4.78 is 0.684. The predicted octanol–water partition coefficient (Wildman–Crippen LogP) is 3.32. The third kappa shape index (κ3) is 6.12. The Morgan fingerprint density at radius 3 is 2.38 bits per heavy atom. The molecule has 0 saturated heterocycles. The minimum Gasteiger partial charge on any atom is -0.351 e. The molecule has 26 heavy (non-hydrogen) atoms. The lowest BCUT2D eigenvalue weighted by atomic mass is 10.1. The van der Waals surface area contributed by atoms with Gasteiger partial charge in [0.15, 0.2) is 0 Å². The molecule has 0 aromatic heterocycles. The van der Waals surface area contributed by atoms with Gasteiger partial charge in [-0.05, 0) is 65.9 Å². The van der Waals surface area contributed by atoms with Crippen molar-refractivity contribution >= 4 is 39.3 Å². The summed E-state index contributed by atoms with van der Waals surface area (Å²) in [7, 11) is 3.91. The van der Waals surface area contributed by atoms with E-state index in [9.17, 15) is 9.59 Å². The lowest BCUT2D eigenvalue weighted by Crippen LogP contribution is -2.31. The van der Waals surface area contributed by atoms with Crippen LogP contribution >= 0.6 is 27.5 Å². The van der Waals surface area contributed by atoms with Crippen molar-refractivity contribution in [1.29, 1.82) is 0 Å². The number of hydrogen-bond donors (Lipinski definition) is 2. The molecular weight excluding hydrogens is 418 g/mol. The Morgan fingerprint density at radius 2 is 1.73 bits per heavy atom. The van der Waals surface area contributed by atoms with Crippen molar-refractivity contribution in [3.05, 3.63) is 68.7 Å². The summed E-state index contributed by atoms with van der Waals surface area (Å²) in [6.07, 6.45) is 0.